The molecule has 0 bridgehead atoms. The molecular formula is C38H48N4O11. The van der Waals surface area contributed by atoms with Crippen molar-refractivity contribution in [2.75, 3.05) is 39.3 Å². The fraction of sp³-hybridized carbons (Fsp3) is 0.447. The second kappa shape index (κ2) is 20.3. The highest BCUT2D eigenvalue weighted by molar-refractivity contribution is 5.88. The lowest BCUT2D eigenvalue weighted by molar-refractivity contribution is -0.170. The van der Waals surface area contributed by atoms with Crippen molar-refractivity contribution in [1.82, 2.24) is 20.1 Å². The van der Waals surface area contributed by atoms with Gasteiger partial charge in [-0.3, -0.25) is 9.59 Å². The van der Waals surface area contributed by atoms with Crippen molar-refractivity contribution in [3.63, 3.8) is 0 Å². The van der Waals surface area contributed by atoms with Crippen LogP contribution in [-0.4, -0.2) is 114 Å². The fourth-order valence-electron chi connectivity index (χ4n) is 6.04. The van der Waals surface area contributed by atoms with Crippen LogP contribution in [0, 0.1) is 0 Å². The van der Waals surface area contributed by atoms with Gasteiger partial charge in [0.15, 0.2) is 17.1 Å². The Labute approximate surface area is 307 Å². The van der Waals surface area contributed by atoms with Crippen LogP contribution in [0.15, 0.2) is 81.8 Å². The van der Waals surface area contributed by atoms with Gasteiger partial charge in [0.05, 0.1) is 12.8 Å². The number of carboxylic acids is 3. The third-order valence-electron chi connectivity index (χ3n) is 8.90. The molecule has 0 aliphatic carbocycles. The van der Waals surface area contributed by atoms with Crippen LogP contribution in [0.5, 0.6) is 0 Å². The first-order valence-electron chi connectivity index (χ1n) is 17.7. The van der Waals surface area contributed by atoms with E-state index in [1.807, 2.05) is 72.8 Å². The second-order valence-electron chi connectivity index (χ2n) is 13.2. The first-order chi connectivity index (χ1) is 25.4. The Morgan fingerprint density at radius 3 is 1.30 bits per heavy atom. The van der Waals surface area contributed by atoms with Crippen LogP contribution in [0.4, 0.5) is 0 Å². The molecule has 6 N–H and O–H groups in total. The van der Waals surface area contributed by atoms with E-state index in [1.165, 1.54) is 38.5 Å². The van der Waals surface area contributed by atoms with E-state index in [-0.39, 0.29) is 0 Å². The van der Waals surface area contributed by atoms with E-state index >= 15 is 0 Å². The third kappa shape index (κ3) is 13.2. The van der Waals surface area contributed by atoms with Crippen molar-refractivity contribution in [2.24, 2.45) is 0 Å². The smallest absolute Gasteiger partial charge is 0.336 e. The van der Waals surface area contributed by atoms with Crippen LogP contribution in [0.1, 0.15) is 75.0 Å². The van der Waals surface area contributed by atoms with Gasteiger partial charge in [0.2, 0.25) is 0 Å². The lowest BCUT2D eigenvalue weighted by Crippen LogP contribution is -2.42. The molecule has 2 aliphatic rings. The molecule has 286 valence electrons. The first-order valence-corrected chi connectivity index (χ1v) is 17.7. The van der Waals surface area contributed by atoms with Gasteiger partial charge in [0.1, 0.15) is 23.6 Å². The molecule has 0 radical (unpaired) electrons. The molecule has 4 heterocycles. The number of hydrogen-bond donors (Lipinski definition) is 6. The zero-order chi connectivity index (χ0) is 38.2. The van der Waals surface area contributed by atoms with E-state index in [0.29, 0.717) is 36.0 Å². The van der Waals surface area contributed by atoms with Gasteiger partial charge in [0, 0.05) is 36.3 Å². The van der Waals surface area contributed by atoms with Crippen LogP contribution in [0.25, 0.3) is 22.6 Å². The minimum atomic E-state index is -2.74. The highest BCUT2D eigenvalue weighted by Crippen LogP contribution is 2.25. The van der Waals surface area contributed by atoms with E-state index in [4.69, 9.17) is 29.5 Å². The molecule has 2 saturated heterocycles. The molecule has 0 spiro atoms. The summed E-state index contributed by atoms with van der Waals surface area (Å²) in [6.07, 6.45) is 4.05. The molecule has 0 saturated carbocycles. The van der Waals surface area contributed by atoms with Crippen LogP contribution < -0.4 is 0 Å². The molecule has 53 heavy (non-hydrogen) atoms. The number of hydrogen-bond acceptors (Lipinski definition) is 12. The Hall–Kier alpha value is -4.93. The number of likely N-dealkylation sites (tertiary alicyclic amines) is 2. The zero-order valence-corrected chi connectivity index (χ0v) is 29.5. The van der Waals surface area contributed by atoms with Crippen molar-refractivity contribution in [3.8, 4) is 22.6 Å². The zero-order valence-electron chi connectivity index (χ0n) is 29.5. The van der Waals surface area contributed by atoms with Gasteiger partial charge in [-0.05, 0) is 51.9 Å². The minimum absolute atomic E-state index is 0.575. The van der Waals surface area contributed by atoms with Gasteiger partial charge in [-0.15, -0.1) is 0 Å². The van der Waals surface area contributed by atoms with Crippen molar-refractivity contribution >= 4 is 17.9 Å². The monoisotopic (exact) mass is 736 g/mol. The number of aliphatic hydroxyl groups excluding tert-OH is 2. The highest BCUT2D eigenvalue weighted by atomic mass is 16.5. The predicted octanol–water partition coefficient (Wildman–Crippen LogP) is 4.47. The van der Waals surface area contributed by atoms with E-state index in [1.54, 1.807) is 0 Å². The summed E-state index contributed by atoms with van der Waals surface area (Å²) in [7, 11) is 0. The Morgan fingerprint density at radius 2 is 0.981 bits per heavy atom. The summed E-state index contributed by atoms with van der Waals surface area (Å²) >= 11 is 0. The molecule has 4 aromatic rings. The number of rotatable bonds is 13. The number of benzene rings is 2. The molecule has 2 unspecified atom stereocenters. The number of carbonyl (C=O) groups is 3. The van der Waals surface area contributed by atoms with Gasteiger partial charge in [-0.25, -0.2) is 4.79 Å². The van der Waals surface area contributed by atoms with Crippen molar-refractivity contribution in [3.05, 3.63) is 84.2 Å². The topological polar surface area (TPSA) is 231 Å². The van der Waals surface area contributed by atoms with Gasteiger partial charge in [0.25, 0.3) is 0 Å². The molecule has 15 nitrogen and oxygen atoms in total. The Balaban J connectivity index is 0.000000183. The summed E-state index contributed by atoms with van der Waals surface area (Å²) in [6, 6.07) is 23.3. The third-order valence-corrected chi connectivity index (χ3v) is 8.90. The lowest BCUT2D eigenvalue weighted by atomic mass is 9.96. The molecular weight excluding hydrogens is 688 g/mol. The molecule has 15 heteroatoms. The minimum Gasteiger partial charge on any atom is -0.481 e. The van der Waals surface area contributed by atoms with Gasteiger partial charge < -0.3 is 49.5 Å². The maximum Gasteiger partial charge on any atom is 0.336 e. The Morgan fingerprint density at radius 1 is 0.623 bits per heavy atom. The largest absolute Gasteiger partial charge is 0.481 e. The lowest BCUT2D eigenvalue weighted by Gasteiger charge is -2.27. The highest BCUT2D eigenvalue weighted by Gasteiger charge is 2.40. The molecule has 0 amide bonds. The van der Waals surface area contributed by atoms with Crippen LogP contribution in [0.3, 0.4) is 0 Å². The van der Waals surface area contributed by atoms with Gasteiger partial charge >= 0.3 is 17.9 Å². The number of piperidine rings is 2. The summed E-state index contributed by atoms with van der Waals surface area (Å²) in [6.45, 7) is 5.56. The molecule has 2 aromatic heterocycles. The Kier molecular flexibility index (Phi) is 15.7. The number of aliphatic carboxylic acids is 3. The van der Waals surface area contributed by atoms with E-state index < -0.39 is 48.6 Å². The van der Waals surface area contributed by atoms with Crippen LogP contribution in [-0.2, 0) is 14.4 Å². The summed E-state index contributed by atoms with van der Waals surface area (Å²) < 4.78 is 10.7. The van der Waals surface area contributed by atoms with Crippen LogP contribution in [0.2, 0.25) is 0 Å². The molecule has 2 atom stereocenters. The Bertz CT molecular complexity index is 1590. The molecule has 2 aliphatic heterocycles. The maximum absolute atomic E-state index is 10.3. The average Bonchev–Trinajstić information content (AvgIpc) is 3.85. The SMILES string of the molecule is O=C(O)CC(O)(CC(=O)O)C(=O)O.OC(CN1CCCCC1)c1cc(-c2ccccc2)on1.OC(CN1CCCCC1)c1cc(-c2ccccc2)on1. The van der Waals surface area contributed by atoms with Crippen LogP contribution >= 0.6 is 0 Å². The van der Waals surface area contributed by atoms with Crippen molar-refractivity contribution in [2.45, 2.75) is 69.2 Å². The summed E-state index contributed by atoms with van der Waals surface area (Å²) in [5.74, 6) is -3.61. The summed E-state index contributed by atoms with van der Waals surface area (Å²) in [4.78, 5) is 35.1. The molecule has 2 fully saturated rings. The van der Waals surface area contributed by atoms with E-state index in [9.17, 15) is 24.6 Å². The average molecular weight is 737 g/mol. The first kappa shape index (κ1) is 40.8. The summed E-state index contributed by atoms with van der Waals surface area (Å²) in [5, 5.41) is 62.4. The number of β-amino-alcohol motifs (C(OH)–C–C–N with tert-alkyl or cyclic N) is 2. The number of nitrogens with zero attached hydrogens (tertiary/aromatic N) is 4. The predicted molar refractivity (Wildman–Crippen MR) is 191 cm³/mol. The number of aromatic nitrogens is 2. The number of aliphatic hydroxyl groups is 3. The quantitative estimate of drug-likeness (QED) is 0.111. The van der Waals surface area contributed by atoms with Gasteiger partial charge in [-0.1, -0.05) is 83.8 Å². The standard InChI is InChI=1S/2C16H20N2O2.C6H8O7/c2*19-15(12-18-9-5-2-6-10-18)14-11-16(20-17-14)13-7-3-1-4-8-13;7-3(8)1-6(13,5(11)12)2-4(9)10/h2*1,3-4,7-8,11,15,19H,2,5-6,9-10,12H2;13H,1-2H2,(H,7,8)(H,9,10)(H,11,12). The second-order valence-corrected chi connectivity index (χ2v) is 13.2. The number of carboxylic acid groups (broad SMARTS) is 3. The van der Waals surface area contributed by atoms with E-state index in [0.717, 1.165) is 37.3 Å². The fourth-order valence-corrected chi connectivity index (χ4v) is 6.04. The normalized spacial score (nSPS) is 16.3. The van der Waals surface area contributed by atoms with Gasteiger partial charge in [-0.2, -0.15) is 0 Å². The molecule has 6 rings (SSSR count). The maximum atomic E-state index is 10.3. The van der Waals surface area contributed by atoms with Crippen molar-refractivity contribution < 1.29 is 54.1 Å². The summed E-state index contributed by atoms with van der Waals surface area (Å²) in [5.41, 5.74) is 0.467. The van der Waals surface area contributed by atoms with E-state index in [2.05, 4.69) is 20.1 Å². The molecule has 2 aromatic carbocycles. The van der Waals surface area contributed by atoms with Crippen molar-refractivity contribution in [1.29, 1.82) is 0 Å².